The monoisotopic (exact) mass is 416 g/mol. The van der Waals surface area contributed by atoms with Crippen LogP contribution in [0.2, 0.25) is 5.02 Å². The number of halogens is 1. The molecule has 0 spiro atoms. The largest absolute Gasteiger partial charge is 0.495 e. The summed E-state index contributed by atoms with van der Waals surface area (Å²) in [4.78, 5) is 5.80. The molecular formula is C22H25ClN2O2S. The number of hydrogen-bond acceptors (Lipinski definition) is 4. The van der Waals surface area contributed by atoms with Crippen LogP contribution in [0.5, 0.6) is 5.75 Å². The SMILES string of the molecule is COc1ccc(-c2csc(=Nc3ccccc3)n2CCCOC(C)C)cc1Cl. The Balaban J connectivity index is 1.97. The fourth-order valence-corrected chi connectivity index (χ4v) is 4.06. The van der Waals surface area contributed by atoms with Crippen LogP contribution in [0.1, 0.15) is 20.3 Å². The van der Waals surface area contributed by atoms with Gasteiger partial charge in [-0.3, -0.25) is 0 Å². The summed E-state index contributed by atoms with van der Waals surface area (Å²) in [7, 11) is 1.62. The number of nitrogens with zero attached hydrogens (tertiary/aromatic N) is 2. The average Bonchev–Trinajstić information content (AvgIpc) is 3.08. The zero-order valence-electron chi connectivity index (χ0n) is 16.4. The lowest BCUT2D eigenvalue weighted by molar-refractivity contribution is 0.0748. The molecule has 2 aromatic carbocycles. The lowest BCUT2D eigenvalue weighted by atomic mass is 10.1. The molecule has 0 saturated heterocycles. The van der Waals surface area contributed by atoms with Gasteiger partial charge in [0.05, 0.1) is 29.6 Å². The first-order valence-electron chi connectivity index (χ1n) is 9.32. The second-order valence-electron chi connectivity index (χ2n) is 6.62. The van der Waals surface area contributed by atoms with E-state index in [0.717, 1.165) is 34.7 Å². The van der Waals surface area contributed by atoms with Crippen LogP contribution in [0.25, 0.3) is 11.3 Å². The average molecular weight is 417 g/mol. The highest BCUT2D eigenvalue weighted by molar-refractivity contribution is 7.07. The van der Waals surface area contributed by atoms with Crippen molar-refractivity contribution < 1.29 is 9.47 Å². The van der Waals surface area contributed by atoms with E-state index in [2.05, 4.69) is 23.8 Å². The second kappa shape index (κ2) is 9.92. The predicted molar refractivity (Wildman–Crippen MR) is 117 cm³/mol. The smallest absolute Gasteiger partial charge is 0.190 e. The van der Waals surface area contributed by atoms with Crippen molar-refractivity contribution in [3.05, 3.63) is 63.7 Å². The normalized spacial score (nSPS) is 12.0. The molecule has 0 unspecified atom stereocenters. The predicted octanol–water partition coefficient (Wildman–Crippen LogP) is 5.93. The third-order valence-corrected chi connectivity index (χ3v) is 5.36. The van der Waals surface area contributed by atoms with Gasteiger partial charge in [-0.05, 0) is 50.6 Å². The first kappa shape index (κ1) is 20.6. The Kier molecular flexibility index (Phi) is 7.31. The van der Waals surface area contributed by atoms with Gasteiger partial charge >= 0.3 is 0 Å². The molecule has 0 amide bonds. The maximum atomic E-state index is 6.36. The number of benzene rings is 2. The molecule has 0 aliphatic heterocycles. The summed E-state index contributed by atoms with van der Waals surface area (Å²) in [5.41, 5.74) is 3.07. The zero-order valence-corrected chi connectivity index (χ0v) is 18.0. The quantitative estimate of drug-likeness (QED) is 0.427. The van der Waals surface area contributed by atoms with Crippen molar-refractivity contribution >= 4 is 28.6 Å². The lowest BCUT2D eigenvalue weighted by Gasteiger charge is -2.12. The Morgan fingerprint density at radius 2 is 1.93 bits per heavy atom. The molecule has 0 radical (unpaired) electrons. The summed E-state index contributed by atoms with van der Waals surface area (Å²) in [5.74, 6) is 0.673. The summed E-state index contributed by atoms with van der Waals surface area (Å²) < 4.78 is 13.2. The van der Waals surface area contributed by atoms with E-state index in [1.165, 1.54) is 0 Å². The van der Waals surface area contributed by atoms with Crippen molar-refractivity contribution in [3.8, 4) is 17.0 Å². The van der Waals surface area contributed by atoms with E-state index in [1.54, 1.807) is 18.4 Å². The molecule has 6 heteroatoms. The van der Waals surface area contributed by atoms with Crippen LogP contribution in [0, 0.1) is 0 Å². The number of para-hydroxylation sites is 1. The minimum Gasteiger partial charge on any atom is -0.495 e. The topological polar surface area (TPSA) is 35.8 Å². The molecule has 0 saturated carbocycles. The first-order chi connectivity index (χ1) is 13.6. The van der Waals surface area contributed by atoms with E-state index >= 15 is 0 Å². The van der Waals surface area contributed by atoms with Crippen LogP contribution in [-0.2, 0) is 11.3 Å². The van der Waals surface area contributed by atoms with Crippen molar-refractivity contribution in [2.45, 2.75) is 32.9 Å². The highest BCUT2D eigenvalue weighted by Gasteiger charge is 2.11. The van der Waals surface area contributed by atoms with E-state index in [9.17, 15) is 0 Å². The summed E-state index contributed by atoms with van der Waals surface area (Å²) in [5, 5.41) is 2.73. The molecule has 0 aliphatic rings. The van der Waals surface area contributed by atoms with Crippen LogP contribution in [-0.4, -0.2) is 24.4 Å². The molecule has 3 aromatic rings. The minimum atomic E-state index is 0.237. The summed E-state index contributed by atoms with van der Waals surface area (Å²) in [6.07, 6.45) is 1.15. The Labute approximate surface area is 175 Å². The fraction of sp³-hybridized carbons (Fsp3) is 0.318. The van der Waals surface area contributed by atoms with E-state index < -0.39 is 0 Å². The van der Waals surface area contributed by atoms with Gasteiger partial charge < -0.3 is 14.0 Å². The van der Waals surface area contributed by atoms with Crippen LogP contribution in [0.4, 0.5) is 5.69 Å². The molecule has 4 nitrogen and oxygen atoms in total. The third-order valence-electron chi connectivity index (χ3n) is 4.20. The third kappa shape index (κ3) is 5.25. The first-order valence-corrected chi connectivity index (χ1v) is 10.6. The number of ether oxygens (including phenoxy) is 2. The summed E-state index contributed by atoms with van der Waals surface area (Å²) in [6.45, 7) is 5.65. The van der Waals surface area contributed by atoms with Crippen LogP contribution >= 0.6 is 22.9 Å². The number of aromatic nitrogens is 1. The van der Waals surface area contributed by atoms with Crippen LogP contribution < -0.4 is 9.54 Å². The van der Waals surface area contributed by atoms with Gasteiger partial charge in [-0.15, -0.1) is 11.3 Å². The Morgan fingerprint density at radius 1 is 1.14 bits per heavy atom. The number of methoxy groups -OCH3 is 1. The number of rotatable bonds is 8. The number of hydrogen-bond donors (Lipinski definition) is 0. The zero-order chi connectivity index (χ0) is 19.9. The molecule has 3 rings (SSSR count). The number of thiazole rings is 1. The van der Waals surface area contributed by atoms with E-state index in [-0.39, 0.29) is 6.10 Å². The molecular weight excluding hydrogens is 392 g/mol. The molecule has 28 heavy (non-hydrogen) atoms. The van der Waals surface area contributed by atoms with Gasteiger partial charge in [0.25, 0.3) is 0 Å². The van der Waals surface area contributed by atoms with Crippen molar-refractivity contribution in [3.63, 3.8) is 0 Å². The van der Waals surface area contributed by atoms with Crippen LogP contribution in [0.15, 0.2) is 58.9 Å². The maximum Gasteiger partial charge on any atom is 0.190 e. The Morgan fingerprint density at radius 3 is 2.61 bits per heavy atom. The fourth-order valence-electron chi connectivity index (χ4n) is 2.85. The molecule has 0 bridgehead atoms. The van der Waals surface area contributed by atoms with E-state index in [4.69, 9.17) is 26.1 Å². The molecule has 1 heterocycles. The van der Waals surface area contributed by atoms with Gasteiger partial charge in [0.1, 0.15) is 5.75 Å². The van der Waals surface area contributed by atoms with E-state index in [0.29, 0.717) is 17.4 Å². The Bertz CT molecular complexity index is 964. The highest BCUT2D eigenvalue weighted by atomic mass is 35.5. The van der Waals surface area contributed by atoms with Crippen molar-refractivity contribution in [2.75, 3.05) is 13.7 Å². The van der Waals surface area contributed by atoms with Gasteiger partial charge in [0.2, 0.25) is 0 Å². The lowest BCUT2D eigenvalue weighted by Crippen LogP contribution is -2.17. The standard InChI is InChI=1S/C22H25ClN2O2S/c1-16(2)27-13-7-12-25-20(17-10-11-21(26-3)19(23)14-17)15-28-22(25)24-18-8-5-4-6-9-18/h4-6,8-11,14-16H,7,12-13H2,1-3H3. The Hall–Kier alpha value is -2.08. The molecule has 148 valence electrons. The molecule has 1 aromatic heterocycles. The van der Waals surface area contributed by atoms with Gasteiger partial charge in [-0.2, -0.15) is 0 Å². The summed E-state index contributed by atoms with van der Waals surface area (Å²) in [6, 6.07) is 15.9. The highest BCUT2D eigenvalue weighted by Crippen LogP contribution is 2.30. The van der Waals surface area contributed by atoms with Gasteiger partial charge in [0.15, 0.2) is 4.80 Å². The van der Waals surface area contributed by atoms with Gasteiger partial charge in [0, 0.05) is 24.1 Å². The van der Waals surface area contributed by atoms with E-state index in [1.807, 2.05) is 48.5 Å². The molecule has 0 atom stereocenters. The second-order valence-corrected chi connectivity index (χ2v) is 7.87. The van der Waals surface area contributed by atoms with Crippen molar-refractivity contribution in [1.82, 2.24) is 4.57 Å². The van der Waals surface area contributed by atoms with Crippen molar-refractivity contribution in [1.29, 1.82) is 0 Å². The van der Waals surface area contributed by atoms with Gasteiger partial charge in [-0.1, -0.05) is 29.8 Å². The molecule has 0 N–H and O–H groups in total. The minimum absolute atomic E-state index is 0.237. The maximum absolute atomic E-state index is 6.36. The molecule has 0 fully saturated rings. The summed E-state index contributed by atoms with van der Waals surface area (Å²) >= 11 is 7.98. The van der Waals surface area contributed by atoms with Crippen LogP contribution in [0.3, 0.4) is 0 Å². The molecule has 0 aliphatic carbocycles. The van der Waals surface area contributed by atoms with Gasteiger partial charge in [-0.25, -0.2) is 4.99 Å². The van der Waals surface area contributed by atoms with Crippen molar-refractivity contribution in [2.24, 2.45) is 4.99 Å².